The van der Waals surface area contributed by atoms with Crippen LogP contribution in [0.4, 0.5) is 13.6 Å². The van der Waals surface area contributed by atoms with E-state index < -0.39 is 41.5 Å². The van der Waals surface area contributed by atoms with Crippen molar-refractivity contribution in [2.24, 2.45) is 5.73 Å². The second-order valence-corrected chi connectivity index (χ2v) is 8.71. The summed E-state index contributed by atoms with van der Waals surface area (Å²) in [5, 5.41) is 2.35. The van der Waals surface area contributed by atoms with Crippen molar-refractivity contribution in [2.45, 2.75) is 84.4 Å². The molecule has 2 unspecified atom stereocenters. The fourth-order valence-electron chi connectivity index (χ4n) is 2.68. The Morgan fingerprint density at radius 3 is 1.85 bits per heavy atom. The lowest BCUT2D eigenvalue weighted by molar-refractivity contribution is -0.147. The van der Waals surface area contributed by atoms with Crippen LogP contribution in [-0.2, 0) is 30.4 Å². The highest BCUT2D eigenvalue weighted by Gasteiger charge is 2.30. The molecule has 10 heteroatoms. The first-order chi connectivity index (χ1) is 15.7. The number of rotatable bonds is 11. The van der Waals surface area contributed by atoms with E-state index in [0.29, 0.717) is 0 Å². The van der Waals surface area contributed by atoms with Gasteiger partial charge in [0.05, 0.1) is 13.2 Å². The number of nitrogens with one attached hydrogen (secondary N) is 1. The fourth-order valence-corrected chi connectivity index (χ4v) is 2.68. The first-order valence-corrected chi connectivity index (χ1v) is 11.1. The molecule has 0 aliphatic heterocycles. The number of carbonyl (C=O) groups is 3. The summed E-state index contributed by atoms with van der Waals surface area (Å²) in [5.41, 5.74) is 3.15. The molecule has 0 bridgehead atoms. The van der Waals surface area contributed by atoms with Crippen LogP contribution in [0.3, 0.4) is 0 Å². The standard InChI is InChI=1S/C16H22FNO4.C8H16FNO2/c1-4-21-14(19)13(10-16(2,3)17)18-15(20)22-11-12-8-6-5-7-9-12;1-4-12-7(11)6(10)5-8(2,3)9/h5-9,13H,4,10-11H2,1-3H3,(H,18,20);6H,4-5,10H2,1-3H3. The molecular weight excluding hydrogens is 450 g/mol. The van der Waals surface area contributed by atoms with Crippen molar-refractivity contribution in [2.75, 3.05) is 13.2 Å². The van der Waals surface area contributed by atoms with Crippen LogP contribution in [-0.4, -0.2) is 54.7 Å². The number of benzene rings is 1. The van der Waals surface area contributed by atoms with Crippen LogP contribution in [0.2, 0.25) is 0 Å². The van der Waals surface area contributed by atoms with E-state index in [1.807, 2.05) is 18.2 Å². The number of halogens is 2. The Morgan fingerprint density at radius 1 is 0.882 bits per heavy atom. The van der Waals surface area contributed by atoms with Crippen LogP contribution in [0.25, 0.3) is 0 Å². The van der Waals surface area contributed by atoms with Gasteiger partial charge in [-0.15, -0.1) is 0 Å². The summed E-state index contributed by atoms with van der Waals surface area (Å²) < 4.78 is 41.2. The first kappa shape index (κ1) is 31.2. The Balaban J connectivity index is 0.000000770. The van der Waals surface area contributed by atoms with Crippen LogP contribution >= 0.6 is 0 Å². The molecule has 0 saturated carbocycles. The van der Waals surface area contributed by atoms with Crippen molar-refractivity contribution in [3.05, 3.63) is 35.9 Å². The van der Waals surface area contributed by atoms with Gasteiger partial charge in [0.15, 0.2) is 0 Å². The number of hydrogen-bond acceptors (Lipinski definition) is 7. The van der Waals surface area contributed by atoms with E-state index in [1.165, 1.54) is 27.7 Å². The van der Waals surface area contributed by atoms with Crippen molar-refractivity contribution in [1.29, 1.82) is 0 Å². The van der Waals surface area contributed by atoms with Gasteiger partial charge in [-0.05, 0) is 47.1 Å². The topological polar surface area (TPSA) is 117 Å². The minimum Gasteiger partial charge on any atom is -0.465 e. The van der Waals surface area contributed by atoms with E-state index in [1.54, 1.807) is 26.0 Å². The lowest BCUT2D eigenvalue weighted by Gasteiger charge is -2.22. The molecule has 1 aromatic carbocycles. The van der Waals surface area contributed by atoms with E-state index in [4.69, 9.17) is 15.2 Å². The fraction of sp³-hybridized carbons (Fsp3) is 0.625. The smallest absolute Gasteiger partial charge is 0.408 e. The molecule has 3 N–H and O–H groups in total. The number of carbonyl (C=O) groups excluding carboxylic acids is 3. The maximum absolute atomic E-state index is 13.7. The Labute approximate surface area is 200 Å². The number of amides is 1. The SMILES string of the molecule is CCOC(=O)C(CC(C)(C)F)NC(=O)OCc1ccccc1.CCOC(=O)C(N)CC(C)(C)F. The predicted molar refractivity (Wildman–Crippen MR) is 124 cm³/mol. The van der Waals surface area contributed by atoms with Crippen molar-refractivity contribution < 1.29 is 37.4 Å². The highest BCUT2D eigenvalue weighted by molar-refractivity contribution is 5.81. The number of alkyl carbamates (subject to hydrolysis) is 1. The maximum atomic E-state index is 13.7. The van der Waals surface area contributed by atoms with Gasteiger partial charge in [0.2, 0.25) is 0 Å². The van der Waals surface area contributed by atoms with E-state index in [2.05, 4.69) is 10.1 Å². The number of nitrogens with two attached hydrogens (primary N) is 1. The number of hydrogen-bond donors (Lipinski definition) is 2. The van der Waals surface area contributed by atoms with Gasteiger partial charge in [-0.25, -0.2) is 18.4 Å². The Bertz CT molecular complexity index is 748. The molecule has 0 aromatic heterocycles. The summed E-state index contributed by atoms with van der Waals surface area (Å²) in [4.78, 5) is 34.4. The third-order valence-corrected chi connectivity index (χ3v) is 4.06. The average Bonchev–Trinajstić information content (AvgIpc) is 2.71. The van der Waals surface area contributed by atoms with Crippen LogP contribution in [0.15, 0.2) is 30.3 Å². The van der Waals surface area contributed by atoms with Gasteiger partial charge in [0, 0.05) is 12.8 Å². The molecule has 1 aromatic rings. The maximum Gasteiger partial charge on any atom is 0.408 e. The second-order valence-electron chi connectivity index (χ2n) is 8.71. The van der Waals surface area contributed by atoms with Crippen molar-refractivity contribution in [3.8, 4) is 0 Å². The number of esters is 2. The van der Waals surface area contributed by atoms with Gasteiger partial charge >= 0.3 is 18.0 Å². The zero-order valence-electron chi connectivity index (χ0n) is 20.9. The van der Waals surface area contributed by atoms with Crippen LogP contribution < -0.4 is 11.1 Å². The molecule has 34 heavy (non-hydrogen) atoms. The van der Waals surface area contributed by atoms with Gasteiger partial charge in [-0.1, -0.05) is 30.3 Å². The largest absolute Gasteiger partial charge is 0.465 e. The molecule has 8 nitrogen and oxygen atoms in total. The van der Waals surface area contributed by atoms with Crippen LogP contribution in [0.1, 0.15) is 59.9 Å². The molecule has 194 valence electrons. The van der Waals surface area contributed by atoms with Crippen LogP contribution in [0, 0.1) is 0 Å². The lowest BCUT2D eigenvalue weighted by Crippen LogP contribution is -2.45. The average molecular weight is 489 g/mol. The summed E-state index contributed by atoms with van der Waals surface area (Å²) in [7, 11) is 0. The number of ether oxygens (including phenoxy) is 3. The normalized spacial score (nSPS) is 13.0. The minimum absolute atomic E-state index is 0.00810. The highest BCUT2D eigenvalue weighted by Crippen LogP contribution is 2.17. The van der Waals surface area contributed by atoms with E-state index in [0.717, 1.165) is 5.56 Å². The molecule has 2 atom stereocenters. The van der Waals surface area contributed by atoms with Gasteiger partial charge in [0.1, 0.15) is 30.0 Å². The van der Waals surface area contributed by atoms with Crippen LogP contribution in [0.5, 0.6) is 0 Å². The molecule has 0 saturated heterocycles. The summed E-state index contributed by atoms with van der Waals surface area (Å²) >= 11 is 0. The van der Waals surface area contributed by atoms with Crippen molar-refractivity contribution >= 4 is 18.0 Å². The molecule has 0 aliphatic rings. The van der Waals surface area contributed by atoms with Crippen molar-refractivity contribution in [1.82, 2.24) is 5.32 Å². The first-order valence-electron chi connectivity index (χ1n) is 11.1. The number of alkyl halides is 2. The van der Waals surface area contributed by atoms with Gasteiger partial charge in [-0.2, -0.15) is 0 Å². The molecule has 0 fully saturated rings. The zero-order valence-corrected chi connectivity index (χ0v) is 20.9. The molecule has 1 rings (SSSR count). The van der Waals surface area contributed by atoms with Crippen molar-refractivity contribution in [3.63, 3.8) is 0 Å². The zero-order chi connectivity index (χ0) is 26.4. The molecule has 0 aliphatic carbocycles. The monoisotopic (exact) mass is 488 g/mol. The van der Waals surface area contributed by atoms with Gasteiger partial charge < -0.3 is 25.3 Å². The third-order valence-electron chi connectivity index (χ3n) is 4.06. The van der Waals surface area contributed by atoms with Gasteiger partial charge in [-0.3, -0.25) is 4.79 Å². The summed E-state index contributed by atoms with van der Waals surface area (Å²) in [5.74, 6) is -1.21. The Morgan fingerprint density at radius 2 is 1.38 bits per heavy atom. The Kier molecular flexibility index (Phi) is 14.0. The minimum atomic E-state index is -1.62. The molecule has 0 spiro atoms. The molecule has 1 amide bonds. The van der Waals surface area contributed by atoms with E-state index >= 15 is 0 Å². The predicted octanol–water partition coefficient (Wildman–Crippen LogP) is 4.00. The summed E-state index contributed by atoms with van der Waals surface area (Å²) in [6.07, 6.45) is -0.982. The molecule has 0 radical (unpaired) electrons. The Hall–Kier alpha value is -2.75. The molecular formula is C24H38F2N2O6. The molecule has 0 heterocycles. The van der Waals surface area contributed by atoms with Gasteiger partial charge in [0.25, 0.3) is 0 Å². The van der Waals surface area contributed by atoms with E-state index in [-0.39, 0.29) is 32.7 Å². The highest BCUT2D eigenvalue weighted by atomic mass is 19.1. The van der Waals surface area contributed by atoms with E-state index in [9.17, 15) is 23.2 Å². The lowest BCUT2D eigenvalue weighted by atomic mass is 10.0. The quantitative estimate of drug-likeness (QED) is 0.357. The second kappa shape index (κ2) is 15.2. The summed E-state index contributed by atoms with van der Waals surface area (Å²) in [6, 6.07) is 7.17. The summed E-state index contributed by atoms with van der Waals surface area (Å²) in [6.45, 7) is 9.25. The third kappa shape index (κ3) is 16.0.